The van der Waals surface area contributed by atoms with Crippen LogP contribution >= 0.6 is 23.2 Å². The van der Waals surface area contributed by atoms with Gasteiger partial charge < -0.3 is 10.2 Å². The van der Waals surface area contributed by atoms with Gasteiger partial charge in [0.1, 0.15) is 12.1 Å². The monoisotopic (exact) mass is 405 g/mol. The second kappa shape index (κ2) is 7.21. The molecule has 1 heterocycles. The highest BCUT2D eigenvalue weighted by atomic mass is 35.5. The first-order valence-corrected chi connectivity index (χ1v) is 8.91. The molecular weight excluding hydrogens is 389 g/mol. The zero-order valence-corrected chi connectivity index (χ0v) is 16.2. The summed E-state index contributed by atoms with van der Waals surface area (Å²) in [6.07, 6.45) is 0. The highest BCUT2D eigenvalue weighted by Crippen LogP contribution is 2.33. The molecule has 0 radical (unpaired) electrons. The summed E-state index contributed by atoms with van der Waals surface area (Å²) in [5, 5.41) is 3.26. The zero-order valence-electron chi connectivity index (χ0n) is 14.7. The Kier molecular flexibility index (Phi) is 5.13. The maximum atomic E-state index is 12.9. The Labute approximate surface area is 166 Å². The van der Waals surface area contributed by atoms with Crippen LogP contribution in [0.25, 0.3) is 0 Å². The quantitative estimate of drug-likeness (QED) is 0.792. The molecule has 2 aromatic carbocycles. The van der Waals surface area contributed by atoms with Crippen molar-refractivity contribution in [3.63, 3.8) is 0 Å². The lowest BCUT2D eigenvalue weighted by atomic mass is 9.92. The molecular formula is C19H17Cl2N3O3. The van der Waals surface area contributed by atoms with Crippen LogP contribution in [-0.4, -0.2) is 36.3 Å². The van der Waals surface area contributed by atoms with E-state index in [1.54, 1.807) is 50.4 Å². The molecule has 0 aromatic heterocycles. The molecule has 2 aromatic rings. The van der Waals surface area contributed by atoms with Crippen LogP contribution < -0.4 is 10.2 Å². The SMILES string of the molecule is CN(C(=O)CN1C(=O)NC(C)(c2ccc(Cl)c(Cl)c2)C1=O)c1ccccc1. The van der Waals surface area contributed by atoms with Gasteiger partial charge in [-0.2, -0.15) is 0 Å². The van der Waals surface area contributed by atoms with Gasteiger partial charge >= 0.3 is 6.03 Å². The second-order valence-corrected chi connectivity index (χ2v) is 7.18. The lowest BCUT2D eigenvalue weighted by molar-refractivity contribution is -0.134. The average molecular weight is 406 g/mol. The highest BCUT2D eigenvalue weighted by molar-refractivity contribution is 6.42. The summed E-state index contributed by atoms with van der Waals surface area (Å²) >= 11 is 12.0. The molecule has 1 aliphatic heterocycles. The predicted octanol–water partition coefficient (Wildman–Crippen LogP) is 3.42. The van der Waals surface area contributed by atoms with Crippen LogP contribution in [0.4, 0.5) is 10.5 Å². The van der Waals surface area contributed by atoms with Gasteiger partial charge in [0.2, 0.25) is 5.91 Å². The molecule has 0 bridgehead atoms. The number of nitrogens with zero attached hydrogens (tertiary/aromatic N) is 2. The van der Waals surface area contributed by atoms with Crippen molar-refractivity contribution in [2.45, 2.75) is 12.5 Å². The van der Waals surface area contributed by atoms with E-state index >= 15 is 0 Å². The zero-order chi connectivity index (χ0) is 19.8. The molecule has 140 valence electrons. The van der Waals surface area contributed by atoms with E-state index in [4.69, 9.17) is 23.2 Å². The average Bonchev–Trinajstić information content (AvgIpc) is 2.88. The molecule has 1 aliphatic rings. The smallest absolute Gasteiger partial charge is 0.319 e. The Morgan fingerprint density at radius 3 is 2.41 bits per heavy atom. The Hall–Kier alpha value is -2.57. The molecule has 1 atom stereocenters. The van der Waals surface area contributed by atoms with E-state index in [1.807, 2.05) is 6.07 Å². The van der Waals surface area contributed by atoms with E-state index in [0.717, 1.165) is 4.90 Å². The van der Waals surface area contributed by atoms with Crippen LogP contribution in [0.1, 0.15) is 12.5 Å². The summed E-state index contributed by atoms with van der Waals surface area (Å²) in [6.45, 7) is 1.20. The second-order valence-electron chi connectivity index (χ2n) is 6.36. The first kappa shape index (κ1) is 19.2. The van der Waals surface area contributed by atoms with Crippen LogP contribution in [0.15, 0.2) is 48.5 Å². The number of anilines is 1. The highest BCUT2D eigenvalue weighted by Gasteiger charge is 2.49. The molecule has 0 aliphatic carbocycles. The van der Waals surface area contributed by atoms with Crippen LogP contribution in [0.2, 0.25) is 10.0 Å². The third-order valence-corrected chi connectivity index (χ3v) is 5.32. The number of benzene rings is 2. The van der Waals surface area contributed by atoms with Gasteiger partial charge in [0.25, 0.3) is 5.91 Å². The first-order chi connectivity index (χ1) is 12.7. The van der Waals surface area contributed by atoms with Crippen molar-refractivity contribution in [3.05, 3.63) is 64.1 Å². The summed E-state index contributed by atoms with van der Waals surface area (Å²) in [5.41, 5.74) is -0.167. The van der Waals surface area contributed by atoms with Crippen LogP contribution in [0.5, 0.6) is 0 Å². The summed E-state index contributed by atoms with van der Waals surface area (Å²) < 4.78 is 0. The molecule has 8 heteroatoms. The van der Waals surface area contributed by atoms with Gasteiger partial charge in [-0.25, -0.2) is 4.79 Å². The lowest BCUT2D eigenvalue weighted by Crippen LogP contribution is -2.43. The number of carbonyl (C=O) groups is 3. The van der Waals surface area contributed by atoms with Gasteiger partial charge in [0.05, 0.1) is 10.0 Å². The molecule has 0 spiro atoms. The fraction of sp³-hybridized carbons (Fsp3) is 0.211. The Morgan fingerprint density at radius 2 is 1.78 bits per heavy atom. The van der Waals surface area contributed by atoms with E-state index in [2.05, 4.69) is 5.32 Å². The lowest BCUT2D eigenvalue weighted by Gasteiger charge is -2.23. The molecule has 0 saturated carbocycles. The number of halogens is 2. The number of hydrogen-bond acceptors (Lipinski definition) is 3. The maximum absolute atomic E-state index is 12.9. The van der Waals surface area contributed by atoms with Crippen molar-refractivity contribution in [2.24, 2.45) is 0 Å². The molecule has 27 heavy (non-hydrogen) atoms. The van der Waals surface area contributed by atoms with Crippen LogP contribution in [-0.2, 0) is 15.1 Å². The van der Waals surface area contributed by atoms with Gasteiger partial charge in [0, 0.05) is 12.7 Å². The number of carbonyl (C=O) groups excluding carboxylic acids is 3. The molecule has 6 nitrogen and oxygen atoms in total. The summed E-state index contributed by atoms with van der Waals surface area (Å²) in [7, 11) is 1.59. The van der Waals surface area contributed by atoms with Gasteiger partial charge in [-0.1, -0.05) is 47.5 Å². The van der Waals surface area contributed by atoms with E-state index in [1.165, 1.54) is 11.0 Å². The number of likely N-dealkylation sites (N-methyl/N-ethyl adjacent to an activating group) is 1. The number of nitrogens with one attached hydrogen (secondary N) is 1. The molecule has 1 unspecified atom stereocenters. The summed E-state index contributed by atoms with van der Waals surface area (Å²) in [6, 6.07) is 13.0. The summed E-state index contributed by atoms with van der Waals surface area (Å²) in [4.78, 5) is 40.2. The number of para-hydroxylation sites is 1. The number of hydrogen-bond donors (Lipinski definition) is 1. The first-order valence-electron chi connectivity index (χ1n) is 8.15. The van der Waals surface area contributed by atoms with E-state index < -0.39 is 17.5 Å². The van der Waals surface area contributed by atoms with Crippen LogP contribution in [0.3, 0.4) is 0 Å². The Balaban J connectivity index is 1.81. The number of urea groups is 1. The minimum atomic E-state index is -1.32. The van der Waals surface area contributed by atoms with Crippen LogP contribution in [0, 0.1) is 0 Å². The molecule has 3 rings (SSSR count). The predicted molar refractivity (Wildman–Crippen MR) is 104 cm³/mol. The normalized spacial score (nSPS) is 19.2. The fourth-order valence-electron chi connectivity index (χ4n) is 2.88. The van der Waals surface area contributed by atoms with E-state index in [0.29, 0.717) is 16.3 Å². The van der Waals surface area contributed by atoms with Gasteiger partial charge in [-0.05, 0) is 36.8 Å². The van der Waals surface area contributed by atoms with Crippen molar-refractivity contribution < 1.29 is 14.4 Å². The van der Waals surface area contributed by atoms with E-state index in [-0.39, 0.29) is 17.5 Å². The van der Waals surface area contributed by atoms with Crippen molar-refractivity contribution >= 4 is 46.7 Å². The molecule has 1 N–H and O–H groups in total. The van der Waals surface area contributed by atoms with Gasteiger partial charge in [0.15, 0.2) is 0 Å². The minimum absolute atomic E-state index is 0.274. The fourth-order valence-corrected chi connectivity index (χ4v) is 3.18. The number of rotatable bonds is 4. The topological polar surface area (TPSA) is 69.7 Å². The van der Waals surface area contributed by atoms with E-state index in [9.17, 15) is 14.4 Å². The van der Waals surface area contributed by atoms with Crippen molar-refractivity contribution in [2.75, 3.05) is 18.5 Å². The van der Waals surface area contributed by atoms with Gasteiger partial charge in [-0.3, -0.25) is 14.5 Å². The van der Waals surface area contributed by atoms with Crippen molar-refractivity contribution in [1.82, 2.24) is 10.2 Å². The molecule has 1 fully saturated rings. The number of imide groups is 1. The third kappa shape index (κ3) is 3.50. The van der Waals surface area contributed by atoms with Crippen molar-refractivity contribution in [1.29, 1.82) is 0 Å². The summed E-state index contributed by atoms with van der Waals surface area (Å²) in [5.74, 6) is -0.913. The minimum Gasteiger partial charge on any atom is -0.319 e. The largest absolute Gasteiger partial charge is 0.325 e. The van der Waals surface area contributed by atoms with Crippen molar-refractivity contribution in [3.8, 4) is 0 Å². The molecule has 1 saturated heterocycles. The Bertz CT molecular complexity index is 920. The third-order valence-electron chi connectivity index (χ3n) is 4.58. The van der Waals surface area contributed by atoms with Gasteiger partial charge in [-0.15, -0.1) is 0 Å². The Morgan fingerprint density at radius 1 is 1.11 bits per heavy atom. The maximum Gasteiger partial charge on any atom is 0.325 e. The standard InChI is InChI=1S/C19H17Cl2N3O3/c1-19(12-8-9-14(20)15(21)10-12)17(26)24(18(27)22-19)11-16(25)23(2)13-6-4-3-5-7-13/h3-10H,11H2,1-2H3,(H,22,27). The number of amides is 4. The molecule has 4 amide bonds.